The average Bonchev–Trinajstić information content (AvgIpc) is 3.43. The Morgan fingerprint density at radius 3 is 1.64 bits per heavy atom. The maximum absolute atomic E-state index is 3.93. The van der Waals surface area contributed by atoms with Crippen molar-refractivity contribution in [2.75, 3.05) is 4.90 Å². The predicted octanol–water partition coefficient (Wildman–Crippen LogP) is 11.4. The fraction of sp³-hybridized carbons (Fsp3) is 0.0435. The zero-order chi connectivity index (χ0) is 31.5. The van der Waals surface area contributed by atoms with Crippen molar-refractivity contribution in [2.24, 2.45) is 0 Å². The van der Waals surface area contributed by atoms with Crippen molar-refractivity contribution < 1.29 is 0 Å². The molecule has 0 spiro atoms. The predicted molar refractivity (Wildman–Crippen MR) is 196 cm³/mol. The number of rotatable bonds is 6. The molecule has 1 atom stereocenters. The second kappa shape index (κ2) is 12.4. The monoisotopic (exact) mass is 599 g/mol. The molecule has 1 unspecified atom stereocenters. The molecule has 7 aromatic carbocycles. The van der Waals surface area contributed by atoms with Gasteiger partial charge in [0.25, 0.3) is 0 Å². The van der Waals surface area contributed by atoms with Gasteiger partial charge in [-0.15, -0.1) is 0 Å². The molecule has 8 rings (SSSR count). The van der Waals surface area contributed by atoms with Crippen LogP contribution in [0.3, 0.4) is 0 Å². The number of para-hydroxylation sites is 2. The molecule has 0 amide bonds. The first-order chi connectivity index (χ1) is 23.3. The van der Waals surface area contributed by atoms with Crippen molar-refractivity contribution in [3.8, 4) is 34.1 Å². The lowest BCUT2D eigenvalue weighted by Crippen LogP contribution is -2.25. The first-order valence-electron chi connectivity index (χ1n) is 16.2. The summed E-state index contributed by atoms with van der Waals surface area (Å²) in [5, 5.41) is 0. The maximum Gasteiger partial charge on any atom is 0.107 e. The van der Waals surface area contributed by atoms with E-state index in [2.05, 4.69) is 205 Å². The Bertz CT molecular complexity index is 2170. The summed E-state index contributed by atoms with van der Waals surface area (Å²) < 4.78 is 0. The molecule has 1 aliphatic rings. The van der Waals surface area contributed by atoms with E-state index in [9.17, 15) is 0 Å². The minimum atomic E-state index is -0.635. The van der Waals surface area contributed by atoms with Crippen LogP contribution in [0.2, 0.25) is 0 Å². The molecule has 1 nitrogen and oxygen atoms in total. The largest absolute Gasteiger partial charge is 0.310 e. The van der Waals surface area contributed by atoms with Crippen LogP contribution in [0.4, 0.5) is 17.1 Å². The van der Waals surface area contributed by atoms with E-state index in [4.69, 9.17) is 0 Å². The van der Waals surface area contributed by atoms with E-state index in [1.807, 2.05) is 0 Å². The fourth-order valence-electron chi connectivity index (χ4n) is 7.06. The molecule has 0 saturated heterocycles. The van der Waals surface area contributed by atoms with Gasteiger partial charge in [0.2, 0.25) is 0 Å². The molecule has 47 heavy (non-hydrogen) atoms. The molecule has 7 aromatic rings. The van der Waals surface area contributed by atoms with Gasteiger partial charge in [0, 0.05) is 23.5 Å². The summed E-state index contributed by atoms with van der Waals surface area (Å²) in [6, 6.07) is 67.0. The fourth-order valence-corrected chi connectivity index (χ4v) is 7.06. The van der Waals surface area contributed by atoms with Crippen LogP contribution < -0.4 is 4.90 Å². The molecule has 0 aliphatic heterocycles. The third-order valence-electron chi connectivity index (χ3n) is 9.18. The van der Waals surface area contributed by atoms with Crippen LogP contribution in [-0.2, 0) is 11.8 Å². The summed E-state index contributed by atoms with van der Waals surface area (Å²) in [7, 11) is 0. The summed E-state index contributed by atoms with van der Waals surface area (Å²) >= 11 is 0. The van der Waals surface area contributed by atoms with Crippen LogP contribution >= 0.6 is 0 Å². The van der Waals surface area contributed by atoms with Crippen LogP contribution in [0, 0.1) is 11.8 Å². The number of benzene rings is 7. The van der Waals surface area contributed by atoms with Gasteiger partial charge >= 0.3 is 0 Å². The van der Waals surface area contributed by atoms with Gasteiger partial charge in [0.05, 0.1) is 0 Å². The Morgan fingerprint density at radius 1 is 0.426 bits per heavy atom. The molecule has 0 bridgehead atoms. The van der Waals surface area contributed by atoms with Gasteiger partial charge in [-0.25, -0.2) is 0 Å². The van der Waals surface area contributed by atoms with E-state index in [-0.39, 0.29) is 0 Å². The summed E-state index contributed by atoms with van der Waals surface area (Å²) in [5.41, 5.74) is 12.5. The van der Waals surface area contributed by atoms with E-state index in [0.717, 1.165) is 17.1 Å². The number of hydrogen-bond donors (Lipinski definition) is 0. The summed E-state index contributed by atoms with van der Waals surface area (Å²) in [6.45, 7) is 0. The van der Waals surface area contributed by atoms with Gasteiger partial charge in [-0.1, -0.05) is 164 Å². The van der Waals surface area contributed by atoms with Crippen LogP contribution in [0.5, 0.6) is 0 Å². The summed E-state index contributed by atoms with van der Waals surface area (Å²) in [6.07, 6.45) is 0.650. The zero-order valence-corrected chi connectivity index (χ0v) is 26.1. The minimum absolute atomic E-state index is 0.635. The van der Waals surface area contributed by atoms with E-state index in [0.29, 0.717) is 6.42 Å². The Kier molecular flexibility index (Phi) is 7.46. The number of nitrogens with zero attached hydrogens (tertiary/aromatic N) is 1. The normalized spacial score (nSPS) is 14.4. The molecular weight excluding hydrogens is 567 g/mol. The highest BCUT2D eigenvalue weighted by Gasteiger charge is 2.44. The SMILES string of the molecule is C(#CC1(c2ccccc2)c2ccccc2-c2ccc(N(c3ccccc3)c3ccccc3)cc21)Cc1ccccc1-c1ccccc1. The minimum Gasteiger partial charge on any atom is -0.310 e. The van der Waals surface area contributed by atoms with Gasteiger partial charge in [-0.3, -0.25) is 0 Å². The Morgan fingerprint density at radius 2 is 0.957 bits per heavy atom. The van der Waals surface area contributed by atoms with Gasteiger partial charge in [-0.2, -0.15) is 0 Å². The van der Waals surface area contributed by atoms with Gasteiger partial charge in [0.1, 0.15) is 5.41 Å². The molecule has 1 aliphatic carbocycles. The van der Waals surface area contributed by atoms with Crippen molar-refractivity contribution in [3.63, 3.8) is 0 Å². The highest BCUT2D eigenvalue weighted by atomic mass is 15.1. The van der Waals surface area contributed by atoms with Gasteiger partial charge in [-0.05, 0) is 80.9 Å². The molecule has 1 heteroatoms. The quantitative estimate of drug-likeness (QED) is 0.172. The molecule has 0 saturated carbocycles. The maximum atomic E-state index is 3.93. The second-order valence-corrected chi connectivity index (χ2v) is 11.9. The molecular formula is C46H33N. The van der Waals surface area contributed by atoms with Crippen LogP contribution in [0.25, 0.3) is 22.3 Å². The molecule has 0 N–H and O–H groups in total. The number of fused-ring (bicyclic) bond motifs is 3. The first kappa shape index (κ1) is 28.4. The Hall–Kier alpha value is -6.10. The second-order valence-electron chi connectivity index (χ2n) is 11.9. The smallest absolute Gasteiger partial charge is 0.107 e. The third-order valence-corrected chi connectivity index (χ3v) is 9.18. The molecule has 222 valence electrons. The average molecular weight is 600 g/mol. The lowest BCUT2D eigenvalue weighted by Gasteiger charge is -2.30. The first-order valence-corrected chi connectivity index (χ1v) is 16.2. The van der Waals surface area contributed by atoms with Crippen molar-refractivity contribution in [3.05, 3.63) is 210 Å². The number of anilines is 3. The van der Waals surface area contributed by atoms with E-state index in [1.54, 1.807) is 0 Å². The van der Waals surface area contributed by atoms with Crippen molar-refractivity contribution >= 4 is 17.1 Å². The Labute approximate surface area is 277 Å². The van der Waals surface area contributed by atoms with E-state index >= 15 is 0 Å². The Balaban J connectivity index is 1.33. The molecule has 0 heterocycles. The zero-order valence-electron chi connectivity index (χ0n) is 26.1. The lowest BCUT2D eigenvalue weighted by molar-refractivity contribution is 0.835. The van der Waals surface area contributed by atoms with Gasteiger partial charge in [0.15, 0.2) is 0 Å². The molecule has 0 aromatic heterocycles. The summed E-state index contributed by atoms with van der Waals surface area (Å²) in [4.78, 5) is 2.34. The summed E-state index contributed by atoms with van der Waals surface area (Å²) in [5.74, 6) is 7.65. The van der Waals surface area contributed by atoms with Crippen LogP contribution in [-0.4, -0.2) is 0 Å². The molecule has 0 radical (unpaired) electrons. The highest BCUT2D eigenvalue weighted by Crippen LogP contribution is 2.54. The van der Waals surface area contributed by atoms with Crippen molar-refractivity contribution in [2.45, 2.75) is 11.8 Å². The van der Waals surface area contributed by atoms with E-state index < -0.39 is 5.41 Å². The van der Waals surface area contributed by atoms with Crippen molar-refractivity contribution in [1.29, 1.82) is 0 Å². The topological polar surface area (TPSA) is 3.24 Å². The standard InChI is InChI=1S/C46H33N/c1-5-18-35(19-6-1)41-28-14-13-20-36(41)21-17-33-46(37-22-7-2-8-23-37)44-30-16-15-29-42(44)43-32-31-40(34-45(43)46)47(38-24-9-3-10-25-38)39-26-11-4-12-27-39/h1-16,18-20,22-32,34H,21H2. The highest BCUT2D eigenvalue weighted by molar-refractivity contribution is 5.89. The number of hydrogen-bond acceptors (Lipinski definition) is 1. The van der Waals surface area contributed by atoms with Crippen LogP contribution in [0.15, 0.2) is 188 Å². The van der Waals surface area contributed by atoms with Crippen LogP contribution in [0.1, 0.15) is 22.3 Å². The lowest BCUT2D eigenvalue weighted by atomic mass is 9.72. The van der Waals surface area contributed by atoms with Crippen molar-refractivity contribution in [1.82, 2.24) is 0 Å². The van der Waals surface area contributed by atoms with Gasteiger partial charge < -0.3 is 4.90 Å². The third kappa shape index (κ3) is 5.11. The van der Waals surface area contributed by atoms with E-state index in [1.165, 1.54) is 44.5 Å². The molecule has 0 fully saturated rings.